The highest BCUT2D eigenvalue weighted by atomic mass is 32.1. The van der Waals surface area contributed by atoms with E-state index in [1.54, 1.807) is 18.4 Å². The lowest BCUT2D eigenvalue weighted by molar-refractivity contribution is 0.109. The van der Waals surface area contributed by atoms with Crippen LogP contribution in [-0.2, 0) is 17.8 Å². The summed E-state index contributed by atoms with van der Waals surface area (Å²) in [4.78, 5) is 7.16. The summed E-state index contributed by atoms with van der Waals surface area (Å²) in [5.74, 6) is 0. The Balaban J connectivity index is 2.63. The Labute approximate surface area is 121 Å². The minimum atomic E-state index is 0.615. The quantitative estimate of drug-likeness (QED) is 0.717. The molecule has 0 bridgehead atoms. The molecule has 0 aliphatic heterocycles. The van der Waals surface area contributed by atoms with E-state index < -0.39 is 0 Å². The van der Waals surface area contributed by atoms with Gasteiger partial charge in [-0.3, -0.25) is 4.90 Å². The van der Waals surface area contributed by atoms with E-state index >= 15 is 0 Å². The van der Waals surface area contributed by atoms with Crippen LogP contribution in [0.5, 0.6) is 0 Å². The van der Waals surface area contributed by atoms with Gasteiger partial charge in [0.15, 0.2) is 0 Å². The Morgan fingerprint density at radius 2 is 2.16 bits per heavy atom. The van der Waals surface area contributed by atoms with E-state index in [4.69, 9.17) is 4.74 Å². The average molecular weight is 285 g/mol. The molecule has 0 spiro atoms. The lowest BCUT2D eigenvalue weighted by atomic mass is 10.1. The fraction of sp³-hybridized carbons (Fsp3) is 0.786. The fourth-order valence-electron chi connectivity index (χ4n) is 2.27. The normalized spacial score (nSPS) is 11.7. The van der Waals surface area contributed by atoms with Crippen LogP contribution in [0.25, 0.3) is 0 Å². The second-order valence-corrected chi connectivity index (χ2v) is 5.64. The van der Waals surface area contributed by atoms with Crippen molar-refractivity contribution in [3.63, 3.8) is 0 Å². The summed E-state index contributed by atoms with van der Waals surface area (Å²) in [7, 11) is 3.72. The van der Waals surface area contributed by atoms with Crippen molar-refractivity contribution in [3.8, 4) is 0 Å². The second-order valence-electron chi connectivity index (χ2n) is 4.70. The van der Waals surface area contributed by atoms with Crippen molar-refractivity contribution in [1.29, 1.82) is 0 Å². The molecule has 0 amide bonds. The fourth-order valence-corrected chi connectivity index (χ4v) is 3.06. The van der Waals surface area contributed by atoms with Gasteiger partial charge in [0, 0.05) is 38.2 Å². The van der Waals surface area contributed by atoms with Crippen LogP contribution in [0.1, 0.15) is 37.4 Å². The lowest BCUT2D eigenvalue weighted by Crippen LogP contribution is -2.36. The van der Waals surface area contributed by atoms with Gasteiger partial charge in [0.2, 0.25) is 0 Å². The molecule has 1 heterocycles. The summed E-state index contributed by atoms with van der Waals surface area (Å²) in [6.45, 7) is 8.04. The van der Waals surface area contributed by atoms with Gasteiger partial charge in [-0.15, -0.1) is 11.3 Å². The lowest BCUT2D eigenvalue weighted by Gasteiger charge is -2.29. The smallest absolute Gasteiger partial charge is 0.107 e. The Hall–Kier alpha value is -0.490. The van der Waals surface area contributed by atoms with Gasteiger partial charge >= 0.3 is 0 Å². The first-order valence-electron chi connectivity index (χ1n) is 7.05. The van der Waals surface area contributed by atoms with Crippen LogP contribution in [0, 0.1) is 0 Å². The first-order chi connectivity index (χ1) is 9.24. The number of methoxy groups -OCH3 is 1. The Bertz CT molecular complexity index is 339. The second kappa shape index (κ2) is 9.42. The molecular formula is C14H27N3OS. The number of hydrogen-bond donors (Lipinski definition) is 1. The molecule has 1 N–H and O–H groups in total. The van der Waals surface area contributed by atoms with Crippen LogP contribution in [0.4, 0.5) is 0 Å². The number of thiazole rings is 1. The van der Waals surface area contributed by atoms with E-state index in [0.717, 1.165) is 31.2 Å². The topological polar surface area (TPSA) is 37.4 Å². The van der Waals surface area contributed by atoms with Crippen molar-refractivity contribution in [1.82, 2.24) is 15.2 Å². The molecule has 0 aliphatic rings. The molecule has 0 atom stereocenters. The Morgan fingerprint density at radius 3 is 2.74 bits per heavy atom. The van der Waals surface area contributed by atoms with Gasteiger partial charge in [0.1, 0.15) is 5.01 Å². The highest BCUT2D eigenvalue weighted by Crippen LogP contribution is 2.16. The molecule has 0 unspecified atom stereocenters. The third-order valence-electron chi connectivity index (χ3n) is 3.33. The van der Waals surface area contributed by atoms with Gasteiger partial charge in [0.25, 0.3) is 0 Å². The molecule has 110 valence electrons. The zero-order chi connectivity index (χ0) is 14.1. The largest absolute Gasteiger partial charge is 0.383 e. The molecule has 0 aromatic carbocycles. The SMILES string of the molecule is CCC(CC)N(CCOC)Cc1csc(CNC)n1. The van der Waals surface area contributed by atoms with Gasteiger partial charge in [0.05, 0.1) is 12.3 Å². The summed E-state index contributed by atoms with van der Waals surface area (Å²) in [6.07, 6.45) is 2.35. The van der Waals surface area contributed by atoms with E-state index in [1.165, 1.54) is 18.5 Å². The minimum absolute atomic E-state index is 0.615. The van der Waals surface area contributed by atoms with E-state index in [9.17, 15) is 0 Å². The highest BCUT2D eigenvalue weighted by molar-refractivity contribution is 7.09. The van der Waals surface area contributed by atoms with E-state index in [1.807, 2.05) is 7.05 Å². The van der Waals surface area contributed by atoms with Gasteiger partial charge in [-0.05, 0) is 19.9 Å². The molecule has 0 aliphatic carbocycles. The molecule has 0 fully saturated rings. The van der Waals surface area contributed by atoms with E-state index in [2.05, 4.69) is 34.4 Å². The van der Waals surface area contributed by atoms with Crippen molar-refractivity contribution in [2.24, 2.45) is 0 Å². The van der Waals surface area contributed by atoms with Crippen molar-refractivity contribution < 1.29 is 4.74 Å². The number of ether oxygens (including phenoxy) is 1. The molecule has 1 aromatic rings. The predicted octanol–water partition coefficient (Wildman–Crippen LogP) is 2.50. The number of nitrogens with zero attached hydrogens (tertiary/aromatic N) is 2. The number of rotatable bonds is 10. The maximum absolute atomic E-state index is 5.22. The zero-order valence-corrected chi connectivity index (χ0v) is 13.4. The average Bonchev–Trinajstić information content (AvgIpc) is 2.85. The molecular weight excluding hydrogens is 258 g/mol. The van der Waals surface area contributed by atoms with Gasteiger partial charge in [-0.1, -0.05) is 13.8 Å². The first-order valence-corrected chi connectivity index (χ1v) is 7.93. The maximum atomic E-state index is 5.22. The summed E-state index contributed by atoms with van der Waals surface area (Å²) in [5, 5.41) is 6.48. The molecule has 19 heavy (non-hydrogen) atoms. The highest BCUT2D eigenvalue weighted by Gasteiger charge is 2.16. The van der Waals surface area contributed by atoms with E-state index in [0.29, 0.717) is 6.04 Å². The summed E-state index contributed by atoms with van der Waals surface area (Å²) in [6, 6.07) is 0.615. The summed E-state index contributed by atoms with van der Waals surface area (Å²) < 4.78 is 5.22. The standard InChI is InChI=1S/C14H27N3OS/c1-5-13(6-2)17(7-8-18-4)10-12-11-19-14(16-12)9-15-3/h11,13,15H,5-10H2,1-4H3. The molecule has 0 saturated heterocycles. The first kappa shape index (κ1) is 16.6. The summed E-state index contributed by atoms with van der Waals surface area (Å²) >= 11 is 1.74. The molecule has 5 heteroatoms. The molecule has 0 saturated carbocycles. The van der Waals surface area contributed by atoms with Crippen LogP contribution >= 0.6 is 11.3 Å². The van der Waals surface area contributed by atoms with Crippen molar-refractivity contribution in [2.75, 3.05) is 27.3 Å². The van der Waals surface area contributed by atoms with Crippen LogP contribution in [0.15, 0.2) is 5.38 Å². The van der Waals surface area contributed by atoms with Crippen LogP contribution in [0.3, 0.4) is 0 Å². The third kappa shape index (κ3) is 5.57. The van der Waals surface area contributed by atoms with Gasteiger partial charge in [-0.2, -0.15) is 0 Å². The van der Waals surface area contributed by atoms with Crippen LogP contribution in [0.2, 0.25) is 0 Å². The van der Waals surface area contributed by atoms with Crippen LogP contribution < -0.4 is 5.32 Å². The molecule has 1 aromatic heterocycles. The molecule has 1 rings (SSSR count). The number of aromatic nitrogens is 1. The predicted molar refractivity (Wildman–Crippen MR) is 81.5 cm³/mol. The zero-order valence-electron chi connectivity index (χ0n) is 12.6. The van der Waals surface area contributed by atoms with Gasteiger partial charge < -0.3 is 10.1 Å². The molecule has 0 radical (unpaired) electrons. The summed E-state index contributed by atoms with van der Waals surface area (Å²) in [5.41, 5.74) is 1.18. The number of hydrogen-bond acceptors (Lipinski definition) is 5. The monoisotopic (exact) mass is 285 g/mol. The Kier molecular flexibility index (Phi) is 8.21. The minimum Gasteiger partial charge on any atom is -0.383 e. The van der Waals surface area contributed by atoms with Crippen molar-refractivity contribution in [3.05, 3.63) is 16.1 Å². The van der Waals surface area contributed by atoms with Crippen molar-refractivity contribution in [2.45, 2.75) is 45.8 Å². The molecule has 4 nitrogen and oxygen atoms in total. The maximum Gasteiger partial charge on any atom is 0.107 e. The van der Waals surface area contributed by atoms with Crippen molar-refractivity contribution >= 4 is 11.3 Å². The Morgan fingerprint density at radius 1 is 1.42 bits per heavy atom. The number of nitrogens with one attached hydrogen (secondary N) is 1. The van der Waals surface area contributed by atoms with Gasteiger partial charge in [-0.25, -0.2) is 4.98 Å². The van der Waals surface area contributed by atoms with Crippen LogP contribution in [-0.4, -0.2) is 43.2 Å². The third-order valence-corrected chi connectivity index (χ3v) is 4.23. The van der Waals surface area contributed by atoms with E-state index in [-0.39, 0.29) is 0 Å².